The van der Waals surface area contributed by atoms with E-state index in [4.69, 9.17) is 4.74 Å². The van der Waals surface area contributed by atoms with Crippen molar-refractivity contribution in [1.29, 1.82) is 0 Å². The fraction of sp³-hybridized carbons (Fsp3) is 0.176. The first-order chi connectivity index (χ1) is 11.5. The molecule has 0 aliphatic rings. The minimum absolute atomic E-state index is 0.0337. The number of nitrogens with zero attached hydrogens (tertiary/aromatic N) is 3. The van der Waals surface area contributed by atoms with Crippen LogP contribution >= 0.6 is 0 Å². The SMILES string of the molecule is CCOC(=O)c1cccc2c1nc(-c1ccccc1[N+](=O)[O-])n2C. The van der Waals surface area contributed by atoms with Crippen LogP contribution in [0, 0.1) is 10.1 Å². The second-order valence-electron chi connectivity index (χ2n) is 5.16. The van der Waals surface area contributed by atoms with E-state index < -0.39 is 10.9 Å². The molecule has 0 saturated carbocycles. The normalized spacial score (nSPS) is 10.8. The number of ether oxygens (including phenoxy) is 1. The van der Waals surface area contributed by atoms with E-state index in [1.807, 2.05) is 6.07 Å². The number of carbonyl (C=O) groups excluding carboxylic acids is 1. The Morgan fingerprint density at radius 1 is 1.25 bits per heavy atom. The fourth-order valence-electron chi connectivity index (χ4n) is 2.65. The molecule has 0 unspecified atom stereocenters. The van der Waals surface area contributed by atoms with E-state index in [1.54, 1.807) is 48.9 Å². The molecule has 0 aliphatic heterocycles. The Morgan fingerprint density at radius 3 is 2.71 bits per heavy atom. The minimum Gasteiger partial charge on any atom is -0.462 e. The van der Waals surface area contributed by atoms with Crippen LogP contribution in [0.2, 0.25) is 0 Å². The predicted molar refractivity (Wildman–Crippen MR) is 88.8 cm³/mol. The number of imidazole rings is 1. The van der Waals surface area contributed by atoms with Gasteiger partial charge in [-0.15, -0.1) is 0 Å². The van der Waals surface area contributed by atoms with Crippen LogP contribution in [0.3, 0.4) is 0 Å². The van der Waals surface area contributed by atoms with Gasteiger partial charge in [0.05, 0.1) is 28.2 Å². The maximum Gasteiger partial charge on any atom is 0.340 e. The molecular formula is C17H15N3O4. The molecule has 1 heterocycles. The number of para-hydroxylation sites is 2. The van der Waals surface area contributed by atoms with E-state index in [0.717, 1.165) is 0 Å². The molecule has 0 fully saturated rings. The number of fused-ring (bicyclic) bond motifs is 1. The zero-order chi connectivity index (χ0) is 17.3. The monoisotopic (exact) mass is 325 g/mol. The van der Waals surface area contributed by atoms with E-state index in [2.05, 4.69) is 4.98 Å². The van der Waals surface area contributed by atoms with E-state index in [9.17, 15) is 14.9 Å². The number of benzene rings is 2. The molecule has 1 aromatic heterocycles. The van der Waals surface area contributed by atoms with Gasteiger partial charge in [-0.3, -0.25) is 10.1 Å². The molecule has 0 N–H and O–H groups in total. The van der Waals surface area contributed by atoms with Crippen LogP contribution in [0.25, 0.3) is 22.4 Å². The molecule has 0 amide bonds. The lowest BCUT2D eigenvalue weighted by Crippen LogP contribution is -2.05. The maximum absolute atomic E-state index is 12.1. The molecule has 24 heavy (non-hydrogen) atoms. The Balaban J connectivity index is 2.25. The highest BCUT2D eigenvalue weighted by atomic mass is 16.6. The third-order valence-electron chi connectivity index (χ3n) is 3.75. The number of hydrogen-bond donors (Lipinski definition) is 0. The highest BCUT2D eigenvalue weighted by molar-refractivity contribution is 6.03. The average molecular weight is 325 g/mol. The molecule has 0 saturated heterocycles. The molecule has 0 bridgehead atoms. The molecule has 7 heteroatoms. The zero-order valence-electron chi connectivity index (χ0n) is 13.2. The third-order valence-corrected chi connectivity index (χ3v) is 3.75. The van der Waals surface area contributed by atoms with Crippen LogP contribution in [-0.4, -0.2) is 27.1 Å². The van der Waals surface area contributed by atoms with E-state index in [0.29, 0.717) is 28.0 Å². The summed E-state index contributed by atoms with van der Waals surface area (Å²) in [5.41, 5.74) is 1.87. The van der Waals surface area contributed by atoms with Crippen molar-refractivity contribution < 1.29 is 14.5 Å². The summed E-state index contributed by atoms with van der Waals surface area (Å²) in [5, 5.41) is 11.3. The number of esters is 1. The van der Waals surface area contributed by atoms with Gasteiger partial charge in [-0.2, -0.15) is 0 Å². The number of aryl methyl sites for hydroxylation is 1. The number of nitro benzene ring substituents is 1. The summed E-state index contributed by atoms with van der Waals surface area (Å²) in [4.78, 5) is 27.4. The van der Waals surface area contributed by atoms with Gasteiger partial charge in [-0.1, -0.05) is 18.2 Å². The minimum atomic E-state index is -0.463. The van der Waals surface area contributed by atoms with Gasteiger partial charge in [-0.05, 0) is 25.1 Å². The van der Waals surface area contributed by atoms with Gasteiger partial charge < -0.3 is 9.30 Å². The largest absolute Gasteiger partial charge is 0.462 e. The molecular weight excluding hydrogens is 310 g/mol. The second kappa shape index (κ2) is 6.11. The van der Waals surface area contributed by atoms with Crippen molar-refractivity contribution in [3.8, 4) is 11.4 Å². The smallest absolute Gasteiger partial charge is 0.340 e. The zero-order valence-corrected chi connectivity index (χ0v) is 13.2. The molecule has 0 spiro atoms. The van der Waals surface area contributed by atoms with Crippen LogP contribution < -0.4 is 0 Å². The summed E-state index contributed by atoms with van der Waals surface area (Å²) in [6.07, 6.45) is 0. The van der Waals surface area contributed by atoms with Gasteiger partial charge >= 0.3 is 5.97 Å². The van der Waals surface area contributed by atoms with Crippen LogP contribution in [0.15, 0.2) is 42.5 Å². The molecule has 3 rings (SSSR count). The van der Waals surface area contributed by atoms with Gasteiger partial charge in [0, 0.05) is 13.1 Å². The lowest BCUT2D eigenvalue weighted by atomic mass is 10.1. The summed E-state index contributed by atoms with van der Waals surface area (Å²) in [5.74, 6) is -0.0376. The lowest BCUT2D eigenvalue weighted by Gasteiger charge is -2.03. The molecule has 7 nitrogen and oxygen atoms in total. The Bertz CT molecular complexity index is 946. The number of nitro groups is 1. The summed E-state index contributed by atoms with van der Waals surface area (Å²) in [6.45, 7) is 1.99. The molecule has 0 aliphatic carbocycles. The second-order valence-corrected chi connectivity index (χ2v) is 5.16. The first-order valence-corrected chi connectivity index (χ1v) is 7.41. The lowest BCUT2D eigenvalue weighted by molar-refractivity contribution is -0.384. The Morgan fingerprint density at radius 2 is 2.00 bits per heavy atom. The molecule has 0 radical (unpaired) electrons. The first kappa shape index (κ1) is 15.7. The van der Waals surface area contributed by atoms with Crippen LogP contribution in [0.1, 0.15) is 17.3 Å². The third kappa shape index (κ3) is 2.50. The fourth-order valence-corrected chi connectivity index (χ4v) is 2.65. The van der Waals surface area contributed by atoms with Crippen LogP contribution in [-0.2, 0) is 11.8 Å². The highest BCUT2D eigenvalue weighted by Gasteiger charge is 2.22. The van der Waals surface area contributed by atoms with Crippen LogP contribution in [0.5, 0.6) is 0 Å². The summed E-state index contributed by atoms with van der Waals surface area (Å²) >= 11 is 0. The average Bonchev–Trinajstić information content (AvgIpc) is 2.92. The quantitative estimate of drug-likeness (QED) is 0.417. The van der Waals surface area contributed by atoms with Gasteiger partial charge in [0.25, 0.3) is 5.69 Å². The van der Waals surface area contributed by atoms with E-state index >= 15 is 0 Å². The highest BCUT2D eigenvalue weighted by Crippen LogP contribution is 2.31. The van der Waals surface area contributed by atoms with Crippen molar-refractivity contribution in [2.75, 3.05) is 6.61 Å². The Hall–Kier alpha value is -3.22. The predicted octanol–water partition coefficient (Wildman–Crippen LogP) is 3.33. The van der Waals surface area contributed by atoms with Crippen molar-refractivity contribution in [2.24, 2.45) is 7.05 Å². The first-order valence-electron chi connectivity index (χ1n) is 7.41. The van der Waals surface area contributed by atoms with Crippen molar-refractivity contribution in [3.63, 3.8) is 0 Å². The summed E-state index contributed by atoms with van der Waals surface area (Å²) in [6, 6.07) is 11.6. The molecule has 2 aromatic carbocycles. The summed E-state index contributed by atoms with van der Waals surface area (Å²) < 4.78 is 6.79. The summed E-state index contributed by atoms with van der Waals surface area (Å²) in [7, 11) is 1.76. The molecule has 3 aromatic rings. The molecule has 122 valence electrons. The van der Waals surface area contributed by atoms with Crippen molar-refractivity contribution >= 4 is 22.7 Å². The number of hydrogen-bond acceptors (Lipinski definition) is 5. The van der Waals surface area contributed by atoms with E-state index in [-0.39, 0.29) is 12.3 Å². The maximum atomic E-state index is 12.1. The number of rotatable bonds is 4. The topological polar surface area (TPSA) is 87.3 Å². The van der Waals surface area contributed by atoms with Crippen molar-refractivity contribution in [2.45, 2.75) is 6.92 Å². The van der Waals surface area contributed by atoms with Gasteiger partial charge in [0.1, 0.15) is 11.3 Å². The standard InChI is InChI=1S/C17H15N3O4/c1-3-24-17(21)12-8-6-10-14-15(12)18-16(19(14)2)11-7-4-5-9-13(11)20(22)23/h4-10H,3H2,1-2H3. The van der Waals surface area contributed by atoms with Gasteiger partial charge in [0.15, 0.2) is 0 Å². The Labute approximate surface area is 137 Å². The van der Waals surface area contributed by atoms with Gasteiger partial charge in [0.2, 0.25) is 0 Å². The van der Waals surface area contributed by atoms with E-state index in [1.165, 1.54) is 6.07 Å². The number of aromatic nitrogens is 2. The number of carbonyl (C=O) groups is 1. The van der Waals surface area contributed by atoms with Gasteiger partial charge in [-0.25, -0.2) is 9.78 Å². The molecule has 0 atom stereocenters. The van der Waals surface area contributed by atoms with Crippen molar-refractivity contribution in [3.05, 3.63) is 58.1 Å². The van der Waals surface area contributed by atoms with Crippen molar-refractivity contribution in [1.82, 2.24) is 9.55 Å². The Kier molecular flexibility index (Phi) is 3.99. The van der Waals surface area contributed by atoms with Crippen LogP contribution in [0.4, 0.5) is 5.69 Å².